The van der Waals surface area contributed by atoms with Gasteiger partial charge in [0, 0.05) is 23.0 Å². The fourth-order valence-corrected chi connectivity index (χ4v) is 8.39. The Kier molecular flexibility index (Phi) is 13.8. The highest BCUT2D eigenvalue weighted by atomic mass is 33.1. The number of nitrogens with one attached hydrogen (secondary N) is 3. The molecule has 1 heterocycles. The lowest BCUT2D eigenvalue weighted by molar-refractivity contribution is -0.161. The van der Waals surface area contributed by atoms with Crippen LogP contribution in [0.2, 0.25) is 0 Å². The quantitative estimate of drug-likeness (QED) is 0.159. The summed E-state index contributed by atoms with van der Waals surface area (Å²) in [5.74, 6) is -1.33. The summed E-state index contributed by atoms with van der Waals surface area (Å²) < 4.78 is 16.4. The van der Waals surface area contributed by atoms with Crippen LogP contribution in [0.4, 0.5) is 4.79 Å². The van der Waals surface area contributed by atoms with Gasteiger partial charge in [-0.25, -0.2) is 9.59 Å². The number of esters is 1. The zero-order chi connectivity index (χ0) is 35.7. The fraction of sp³-hybridized carbons (Fsp3) is 0.556. The third kappa shape index (κ3) is 10.9. The number of fused-ring (bicyclic) bond motifs is 3. The van der Waals surface area contributed by atoms with Gasteiger partial charge in [0.15, 0.2) is 6.10 Å². The van der Waals surface area contributed by atoms with Crippen LogP contribution in [0.3, 0.4) is 0 Å². The number of aliphatic hydroxyl groups is 1. The molecule has 0 radical (unpaired) electrons. The Hall–Kier alpha value is -3.26. The summed E-state index contributed by atoms with van der Waals surface area (Å²) in [7, 11) is 4.33. The number of benzene rings is 2. The van der Waals surface area contributed by atoms with E-state index >= 15 is 0 Å². The second kappa shape index (κ2) is 17.6. The summed E-state index contributed by atoms with van der Waals surface area (Å²) in [6, 6.07) is 14.4. The smallest absolute Gasteiger partial charge is 0.407 e. The third-order valence-corrected chi connectivity index (χ3v) is 11.6. The van der Waals surface area contributed by atoms with Crippen molar-refractivity contribution >= 4 is 45.5 Å². The Bertz CT molecular complexity index is 1420. The van der Waals surface area contributed by atoms with Crippen LogP contribution >= 0.6 is 21.6 Å². The molecule has 268 valence electrons. The standard InChI is InChI=1S/C36H49N3O8S2/c1-21(2)17-28(34(43)45-6)38-33(42)31-30(40)16-15-22(47-31)18-37-32(41)29(20-48-49-36(3,4)5)39-35(44)46-19-27-25-13-9-7-11-23(25)24-12-8-10-14-26(24)27/h7-14,21-22,27-31,40H,15-20H2,1-6H3,(H,37,41)(H,38,42)(H,39,44)/t22-,28+,29+,30+,31+/m1/s1. The lowest BCUT2D eigenvalue weighted by atomic mass is 9.98. The van der Waals surface area contributed by atoms with Gasteiger partial charge in [-0.05, 0) is 47.4 Å². The van der Waals surface area contributed by atoms with Crippen molar-refractivity contribution in [2.45, 2.75) is 94.9 Å². The highest BCUT2D eigenvalue weighted by Crippen LogP contribution is 2.44. The van der Waals surface area contributed by atoms with Crippen LogP contribution in [0.25, 0.3) is 11.1 Å². The van der Waals surface area contributed by atoms with Crippen LogP contribution in [-0.2, 0) is 28.6 Å². The number of carbonyl (C=O) groups excluding carboxylic acids is 4. The molecule has 4 N–H and O–H groups in total. The van der Waals surface area contributed by atoms with Crippen molar-refractivity contribution in [1.82, 2.24) is 16.0 Å². The minimum atomic E-state index is -1.22. The van der Waals surface area contributed by atoms with Gasteiger partial charge in [-0.15, -0.1) is 0 Å². The molecule has 49 heavy (non-hydrogen) atoms. The summed E-state index contributed by atoms with van der Waals surface area (Å²) in [4.78, 5) is 51.9. The normalized spacial score (nSPS) is 20.0. The van der Waals surface area contributed by atoms with E-state index in [2.05, 4.69) is 48.9 Å². The molecule has 0 aromatic heterocycles. The van der Waals surface area contributed by atoms with Crippen molar-refractivity contribution in [3.05, 3.63) is 59.7 Å². The molecule has 1 aliphatic heterocycles. The molecule has 0 saturated carbocycles. The second-order valence-electron chi connectivity index (χ2n) is 13.8. The topological polar surface area (TPSA) is 152 Å². The Balaban J connectivity index is 1.35. The summed E-state index contributed by atoms with van der Waals surface area (Å²) in [6.45, 7) is 10.2. The number of amides is 3. The molecule has 2 aromatic carbocycles. The maximum atomic E-state index is 13.5. The SMILES string of the molecule is COC(=O)[C@H](CC(C)C)NC(=O)[C@H]1O[C@@H](CNC(=O)[C@H](CSSC(C)(C)C)NC(=O)OCC2c3ccccc3-c3ccccc32)CC[C@@H]1O. The molecule has 2 aromatic rings. The van der Waals surface area contributed by atoms with Gasteiger partial charge in [-0.2, -0.15) is 0 Å². The van der Waals surface area contributed by atoms with Gasteiger partial charge in [-0.1, -0.05) is 105 Å². The summed E-state index contributed by atoms with van der Waals surface area (Å²) in [6.07, 6.45) is -2.52. The molecule has 5 atom stereocenters. The fourth-order valence-electron chi connectivity index (χ4n) is 5.92. The van der Waals surface area contributed by atoms with Crippen LogP contribution in [-0.4, -0.2) is 90.1 Å². The largest absolute Gasteiger partial charge is 0.467 e. The molecule has 4 rings (SSSR count). The Labute approximate surface area is 296 Å². The predicted molar refractivity (Wildman–Crippen MR) is 192 cm³/mol. The average molecular weight is 716 g/mol. The number of rotatable bonds is 14. The van der Waals surface area contributed by atoms with Crippen LogP contribution in [0.1, 0.15) is 70.9 Å². The van der Waals surface area contributed by atoms with Gasteiger partial charge >= 0.3 is 12.1 Å². The number of aliphatic hydroxyl groups excluding tert-OH is 1. The van der Waals surface area contributed by atoms with E-state index < -0.39 is 54.3 Å². The first-order valence-electron chi connectivity index (χ1n) is 16.7. The number of hydrogen-bond acceptors (Lipinski definition) is 10. The van der Waals surface area contributed by atoms with Gasteiger partial charge in [0.25, 0.3) is 5.91 Å². The molecular formula is C36H49N3O8S2. The predicted octanol–water partition coefficient (Wildman–Crippen LogP) is 4.80. The average Bonchev–Trinajstić information content (AvgIpc) is 3.38. The zero-order valence-electron chi connectivity index (χ0n) is 29.0. The van der Waals surface area contributed by atoms with Gasteiger partial charge in [0.05, 0.1) is 19.3 Å². The molecule has 1 saturated heterocycles. The van der Waals surface area contributed by atoms with E-state index in [-0.39, 0.29) is 41.9 Å². The minimum absolute atomic E-state index is 0.0572. The van der Waals surface area contributed by atoms with Gasteiger partial charge in [0.2, 0.25) is 5.91 Å². The number of hydrogen-bond donors (Lipinski definition) is 4. The van der Waals surface area contributed by atoms with Gasteiger partial charge in [0.1, 0.15) is 18.7 Å². The lowest BCUT2D eigenvalue weighted by Gasteiger charge is -2.34. The third-order valence-electron chi connectivity index (χ3n) is 8.24. The van der Waals surface area contributed by atoms with E-state index in [1.165, 1.54) is 17.9 Å². The van der Waals surface area contributed by atoms with E-state index in [0.717, 1.165) is 22.3 Å². The van der Waals surface area contributed by atoms with Crippen molar-refractivity contribution < 1.29 is 38.5 Å². The van der Waals surface area contributed by atoms with E-state index in [9.17, 15) is 24.3 Å². The maximum Gasteiger partial charge on any atom is 0.407 e. The summed E-state index contributed by atoms with van der Waals surface area (Å²) in [5.41, 5.74) is 4.42. The monoisotopic (exact) mass is 715 g/mol. The Morgan fingerprint density at radius 1 is 0.959 bits per heavy atom. The molecule has 1 aliphatic carbocycles. The summed E-state index contributed by atoms with van der Waals surface area (Å²) in [5, 5.41) is 18.8. The number of alkyl carbamates (subject to hydrolysis) is 1. The van der Waals surface area contributed by atoms with Crippen LogP contribution in [0.5, 0.6) is 0 Å². The number of carbonyl (C=O) groups is 4. The first kappa shape index (κ1) is 38.5. The van der Waals surface area contributed by atoms with Crippen LogP contribution in [0, 0.1) is 5.92 Å². The van der Waals surface area contributed by atoms with Crippen LogP contribution in [0.15, 0.2) is 48.5 Å². The molecule has 0 bridgehead atoms. The van der Waals surface area contributed by atoms with Crippen LogP contribution < -0.4 is 16.0 Å². The highest BCUT2D eigenvalue weighted by molar-refractivity contribution is 8.77. The number of methoxy groups -OCH3 is 1. The van der Waals surface area contributed by atoms with Crippen molar-refractivity contribution in [3.63, 3.8) is 0 Å². The first-order chi connectivity index (χ1) is 23.3. The van der Waals surface area contributed by atoms with Crippen molar-refractivity contribution in [2.24, 2.45) is 5.92 Å². The number of ether oxygens (including phenoxy) is 3. The molecule has 11 nitrogen and oxygen atoms in total. The van der Waals surface area contributed by atoms with Gasteiger partial charge < -0.3 is 35.3 Å². The van der Waals surface area contributed by atoms with E-state index in [4.69, 9.17) is 14.2 Å². The van der Waals surface area contributed by atoms with Gasteiger partial charge in [-0.3, -0.25) is 9.59 Å². The minimum Gasteiger partial charge on any atom is -0.467 e. The first-order valence-corrected chi connectivity index (χ1v) is 19.0. The van der Waals surface area contributed by atoms with E-state index in [1.54, 1.807) is 10.8 Å². The van der Waals surface area contributed by atoms with Crippen molar-refractivity contribution in [1.29, 1.82) is 0 Å². The Morgan fingerprint density at radius 2 is 1.59 bits per heavy atom. The van der Waals surface area contributed by atoms with E-state index in [0.29, 0.717) is 12.8 Å². The molecule has 2 aliphatic rings. The lowest BCUT2D eigenvalue weighted by Crippen LogP contribution is -2.55. The molecule has 13 heteroatoms. The van der Waals surface area contributed by atoms with Crippen molar-refractivity contribution in [3.8, 4) is 11.1 Å². The summed E-state index contributed by atoms with van der Waals surface area (Å²) >= 11 is 0. The molecular weight excluding hydrogens is 667 g/mol. The molecule has 3 amide bonds. The Morgan fingerprint density at radius 3 is 2.18 bits per heavy atom. The highest BCUT2D eigenvalue weighted by Gasteiger charge is 2.38. The van der Waals surface area contributed by atoms with Crippen molar-refractivity contribution in [2.75, 3.05) is 26.0 Å². The maximum absolute atomic E-state index is 13.5. The van der Waals surface area contributed by atoms with E-state index in [1.807, 2.05) is 50.2 Å². The molecule has 1 fully saturated rings. The molecule has 0 spiro atoms. The second-order valence-corrected chi connectivity index (χ2v) is 17.0. The zero-order valence-corrected chi connectivity index (χ0v) is 30.7. The molecule has 0 unspecified atom stereocenters.